The maximum Gasteiger partial charge on any atom is 0.223 e. The molecule has 6 N–H and O–H groups in total. The summed E-state index contributed by atoms with van der Waals surface area (Å²) in [6.07, 6.45) is 0.271. The molecule has 2 atom stereocenters. The molecule has 0 saturated carbocycles. The van der Waals surface area contributed by atoms with Gasteiger partial charge >= 0.3 is 0 Å². The molecule has 0 aliphatic rings. The van der Waals surface area contributed by atoms with Gasteiger partial charge in [0.2, 0.25) is 5.95 Å². The average molecular weight is 211 g/mol. The van der Waals surface area contributed by atoms with E-state index >= 15 is 0 Å². The Balaban J connectivity index is 2.63. The minimum absolute atomic E-state index is 0.0960. The molecular formula is C9H17N5O. The van der Waals surface area contributed by atoms with Crippen molar-refractivity contribution in [2.75, 3.05) is 16.8 Å². The van der Waals surface area contributed by atoms with E-state index in [0.29, 0.717) is 18.1 Å². The van der Waals surface area contributed by atoms with Gasteiger partial charge in [-0.25, -0.2) is 0 Å². The fourth-order valence-electron chi connectivity index (χ4n) is 1.38. The number of aliphatic hydroxyl groups is 1. The summed E-state index contributed by atoms with van der Waals surface area (Å²) in [6.45, 7) is 3.68. The molecule has 1 aromatic heterocycles. The van der Waals surface area contributed by atoms with Crippen LogP contribution in [0.5, 0.6) is 0 Å². The average Bonchev–Trinajstić information content (AvgIpc) is 1.98. The predicted octanol–water partition coefficient (Wildman–Crippen LogP) is 0.212. The number of rotatable bonds is 4. The van der Waals surface area contributed by atoms with Crippen LogP contribution in [0, 0.1) is 0 Å². The van der Waals surface area contributed by atoms with E-state index in [9.17, 15) is 5.11 Å². The summed E-state index contributed by atoms with van der Waals surface area (Å²) in [5.74, 6) is 1.05. The molecule has 2 unspecified atom stereocenters. The zero-order chi connectivity index (χ0) is 11.4. The van der Waals surface area contributed by atoms with Crippen LogP contribution in [0.3, 0.4) is 0 Å². The minimum atomic E-state index is -0.357. The Morgan fingerprint density at radius 3 is 2.60 bits per heavy atom. The summed E-state index contributed by atoms with van der Waals surface area (Å²) >= 11 is 0. The largest absolute Gasteiger partial charge is 0.393 e. The number of nitrogens with two attached hydrogens (primary N) is 2. The Hall–Kier alpha value is -1.56. The van der Waals surface area contributed by atoms with Gasteiger partial charge in [-0.05, 0) is 20.3 Å². The highest BCUT2D eigenvalue weighted by Crippen LogP contribution is 2.12. The SMILES string of the molecule is CC(O)CC(C)Nc1cc(N)nc(N)n1. The molecule has 0 aliphatic heterocycles. The lowest BCUT2D eigenvalue weighted by Crippen LogP contribution is -2.21. The third kappa shape index (κ3) is 3.99. The van der Waals surface area contributed by atoms with Gasteiger partial charge in [0.25, 0.3) is 0 Å². The predicted molar refractivity (Wildman–Crippen MR) is 60.2 cm³/mol. The third-order valence-corrected chi connectivity index (χ3v) is 1.85. The van der Waals surface area contributed by atoms with Crippen molar-refractivity contribution in [2.24, 2.45) is 0 Å². The summed E-state index contributed by atoms with van der Waals surface area (Å²) in [5, 5.41) is 12.3. The van der Waals surface area contributed by atoms with E-state index in [0.717, 1.165) is 0 Å². The maximum atomic E-state index is 9.19. The zero-order valence-corrected chi connectivity index (χ0v) is 8.94. The van der Waals surface area contributed by atoms with Crippen LogP contribution in [-0.4, -0.2) is 27.2 Å². The highest BCUT2D eigenvalue weighted by Gasteiger charge is 2.07. The standard InChI is InChI=1S/C9H17N5O/c1-5(3-6(2)15)12-8-4-7(10)13-9(11)14-8/h4-6,15H,3H2,1-2H3,(H5,10,11,12,13,14). The van der Waals surface area contributed by atoms with Crippen LogP contribution >= 0.6 is 0 Å². The Morgan fingerprint density at radius 2 is 2.07 bits per heavy atom. The Morgan fingerprint density at radius 1 is 1.40 bits per heavy atom. The normalized spacial score (nSPS) is 14.6. The molecular weight excluding hydrogens is 194 g/mol. The van der Waals surface area contributed by atoms with Crippen LogP contribution in [0.1, 0.15) is 20.3 Å². The second kappa shape index (κ2) is 4.79. The van der Waals surface area contributed by atoms with E-state index in [-0.39, 0.29) is 18.1 Å². The van der Waals surface area contributed by atoms with Gasteiger partial charge in [0.1, 0.15) is 11.6 Å². The van der Waals surface area contributed by atoms with Gasteiger partial charge in [0.15, 0.2) is 0 Å². The fourth-order valence-corrected chi connectivity index (χ4v) is 1.38. The molecule has 0 bridgehead atoms. The molecule has 0 fully saturated rings. The quantitative estimate of drug-likeness (QED) is 0.566. The summed E-state index contributed by atoms with van der Waals surface area (Å²) in [7, 11) is 0. The molecule has 15 heavy (non-hydrogen) atoms. The van der Waals surface area contributed by atoms with Crippen LogP contribution in [0.15, 0.2) is 6.07 Å². The highest BCUT2D eigenvalue weighted by atomic mass is 16.3. The molecule has 0 amide bonds. The number of nitrogens with one attached hydrogen (secondary N) is 1. The lowest BCUT2D eigenvalue weighted by molar-refractivity contribution is 0.179. The molecule has 1 aromatic rings. The van der Waals surface area contributed by atoms with Crippen molar-refractivity contribution in [1.29, 1.82) is 0 Å². The van der Waals surface area contributed by atoms with Crippen molar-refractivity contribution >= 4 is 17.6 Å². The molecule has 1 heterocycles. The van der Waals surface area contributed by atoms with Crippen molar-refractivity contribution in [3.63, 3.8) is 0 Å². The number of nitrogens with zero attached hydrogens (tertiary/aromatic N) is 2. The van der Waals surface area contributed by atoms with Gasteiger partial charge in [0, 0.05) is 12.1 Å². The lowest BCUT2D eigenvalue weighted by Gasteiger charge is -2.16. The van der Waals surface area contributed by atoms with Gasteiger partial charge < -0.3 is 21.9 Å². The van der Waals surface area contributed by atoms with E-state index in [1.165, 1.54) is 0 Å². The number of hydrogen-bond donors (Lipinski definition) is 4. The van der Waals surface area contributed by atoms with Crippen LogP contribution in [0.4, 0.5) is 17.6 Å². The summed E-state index contributed by atoms with van der Waals surface area (Å²) < 4.78 is 0. The van der Waals surface area contributed by atoms with Gasteiger partial charge in [-0.15, -0.1) is 0 Å². The molecule has 0 saturated heterocycles. The number of aliphatic hydroxyl groups excluding tert-OH is 1. The summed E-state index contributed by atoms with van der Waals surface area (Å²) in [4.78, 5) is 7.73. The van der Waals surface area contributed by atoms with E-state index in [1.54, 1.807) is 13.0 Å². The van der Waals surface area contributed by atoms with Crippen molar-refractivity contribution in [3.8, 4) is 0 Å². The molecule has 0 aliphatic carbocycles. The smallest absolute Gasteiger partial charge is 0.223 e. The second-order valence-corrected chi connectivity index (χ2v) is 3.67. The summed E-state index contributed by atoms with van der Waals surface area (Å²) in [6, 6.07) is 1.70. The van der Waals surface area contributed by atoms with Gasteiger partial charge in [-0.1, -0.05) is 0 Å². The number of anilines is 3. The van der Waals surface area contributed by atoms with Crippen molar-refractivity contribution in [3.05, 3.63) is 6.07 Å². The first kappa shape index (κ1) is 11.5. The molecule has 6 heteroatoms. The van der Waals surface area contributed by atoms with Crippen LogP contribution in [-0.2, 0) is 0 Å². The van der Waals surface area contributed by atoms with E-state index in [2.05, 4.69) is 15.3 Å². The van der Waals surface area contributed by atoms with Crippen molar-refractivity contribution < 1.29 is 5.11 Å². The van der Waals surface area contributed by atoms with Gasteiger partial charge in [-0.2, -0.15) is 9.97 Å². The first-order valence-corrected chi connectivity index (χ1v) is 4.82. The van der Waals surface area contributed by atoms with Gasteiger partial charge in [-0.3, -0.25) is 0 Å². The second-order valence-electron chi connectivity index (χ2n) is 3.67. The molecule has 0 aromatic carbocycles. The van der Waals surface area contributed by atoms with Crippen molar-refractivity contribution in [1.82, 2.24) is 9.97 Å². The van der Waals surface area contributed by atoms with E-state index in [1.807, 2.05) is 6.92 Å². The molecule has 1 rings (SSSR count). The Bertz CT molecular complexity index is 308. The summed E-state index contributed by atoms with van der Waals surface area (Å²) in [5.41, 5.74) is 11.0. The number of nitrogen functional groups attached to an aromatic ring is 2. The highest BCUT2D eigenvalue weighted by molar-refractivity contribution is 5.48. The topological polar surface area (TPSA) is 110 Å². The fraction of sp³-hybridized carbons (Fsp3) is 0.556. The van der Waals surface area contributed by atoms with Crippen LogP contribution < -0.4 is 16.8 Å². The van der Waals surface area contributed by atoms with E-state index in [4.69, 9.17) is 11.5 Å². The maximum absolute atomic E-state index is 9.19. The zero-order valence-electron chi connectivity index (χ0n) is 8.94. The first-order chi connectivity index (χ1) is 6.97. The van der Waals surface area contributed by atoms with Crippen LogP contribution in [0.25, 0.3) is 0 Å². The molecule has 0 spiro atoms. The van der Waals surface area contributed by atoms with E-state index < -0.39 is 0 Å². The number of hydrogen-bond acceptors (Lipinski definition) is 6. The molecule has 84 valence electrons. The Kier molecular flexibility index (Phi) is 3.68. The van der Waals surface area contributed by atoms with Gasteiger partial charge in [0.05, 0.1) is 6.10 Å². The first-order valence-electron chi connectivity index (χ1n) is 4.82. The minimum Gasteiger partial charge on any atom is -0.393 e. The third-order valence-electron chi connectivity index (χ3n) is 1.85. The Labute approximate surface area is 88.7 Å². The molecule has 6 nitrogen and oxygen atoms in total. The van der Waals surface area contributed by atoms with Crippen LogP contribution in [0.2, 0.25) is 0 Å². The van der Waals surface area contributed by atoms with Crippen molar-refractivity contribution in [2.45, 2.75) is 32.4 Å². The monoisotopic (exact) mass is 211 g/mol. The lowest BCUT2D eigenvalue weighted by atomic mass is 10.1. The molecule has 0 radical (unpaired) electrons. The number of aromatic nitrogens is 2.